The average Bonchev–Trinajstić information content (AvgIpc) is 2.40. The van der Waals surface area contributed by atoms with Crippen LogP contribution in [0.2, 0.25) is 0 Å². The predicted molar refractivity (Wildman–Crippen MR) is 62.5 cm³/mol. The van der Waals surface area contributed by atoms with Gasteiger partial charge in [0.05, 0.1) is 13.2 Å². The van der Waals surface area contributed by atoms with Crippen LogP contribution >= 0.6 is 0 Å². The fraction of sp³-hybridized carbons (Fsp3) is 0.538. The quantitative estimate of drug-likeness (QED) is 0.878. The summed E-state index contributed by atoms with van der Waals surface area (Å²) in [5.41, 5.74) is 0.0243. The Morgan fingerprint density at radius 2 is 2.18 bits per heavy atom. The first kappa shape index (κ1) is 12.3. The molecule has 1 saturated heterocycles. The topological polar surface area (TPSA) is 21.3 Å². The number of methoxy groups -OCH3 is 1. The molecule has 1 atom stereocenters. The highest BCUT2D eigenvalue weighted by Gasteiger charge is 2.41. The highest BCUT2D eigenvalue weighted by atomic mass is 19.3. The molecule has 0 aromatic heterocycles. The second kappa shape index (κ2) is 5.00. The van der Waals surface area contributed by atoms with Crippen molar-refractivity contribution >= 4 is 0 Å². The molecule has 0 bridgehead atoms. The van der Waals surface area contributed by atoms with Crippen LogP contribution in [0.25, 0.3) is 0 Å². The predicted octanol–water partition coefficient (Wildman–Crippen LogP) is 2.93. The lowest BCUT2D eigenvalue weighted by molar-refractivity contribution is -0.0513. The number of ether oxygens (including phenoxy) is 1. The standard InChI is InChI=1S/C13H17F2NO/c1-17-11-6-4-5-10(9-11)13(14,15)12-7-2-3-8-16-12/h4-6,9,12,16H,2-3,7-8H2,1H3. The summed E-state index contributed by atoms with van der Waals surface area (Å²) in [4.78, 5) is 0. The molecule has 0 saturated carbocycles. The largest absolute Gasteiger partial charge is 0.497 e. The Morgan fingerprint density at radius 3 is 2.82 bits per heavy atom. The maximum Gasteiger partial charge on any atom is 0.288 e. The second-order valence-corrected chi connectivity index (χ2v) is 4.36. The lowest BCUT2D eigenvalue weighted by Gasteiger charge is -2.31. The molecule has 0 radical (unpaired) electrons. The minimum atomic E-state index is -2.84. The van der Waals surface area contributed by atoms with Crippen LogP contribution in [0.3, 0.4) is 0 Å². The number of benzene rings is 1. The van der Waals surface area contributed by atoms with Crippen molar-refractivity contribution in [1.82, 2.24) is 5.32 Å². The molecule has 1 heterocycles. The van der Waals surface area contributed by atoms with Crippen LogP contribution in [0.4, 0.5) is 8.78 Å². The van der Waals surface area contributed by atoms with E-state index in [0.29, 0.717) is 18.7 Å². The molecule has 1 aromatic carbocycles. The molecule has 0 spiro atoms. The molecule has 17 heavy (non-hydrogen) atoms. The molecular formula is C13H17F2NO. The summed E-state index contributed by atoms with van der Waals surface area (Å²) in [5.74, 6) is -2.37. The summed E-state index contributed by atoms with van der Waals surface area (Å²) in [5, 5.41) is 2.90. The monoisotopic (exact) mass is 241 g/mol. The molecule has 4 heteroatoms. The molecule has 1 unspecified atom stereocenters. The van der Waals surface area contributed by atoms with Crippen LogP contribution in [-0.4, -0.2) is 19.7 Å². The molecular weight excluding hydrogens is 224 g/mol. The zero-order valence-electron chi connectivity index (χ0n) is 9.88. The van der Waals surface area contributed by atoms with Crippen LogP contribution < -0.4 is 10.1 Å². The van der Waals surface area contributed by atoms with Gasteiger partial charge in [-0.15, -0.1) is 0 Å². The van der Waals surface area contributed by atoms with E-state index in [1.807, 2.05) is 0 Å². The summed E-state index contributed by atoms with van der Waals surface area (Å²) < 4.78 is 33.5. The van der Waals surface area contributed by atoms with Gasteiger partial charge in [0.1, 0.15) is 5.75 Å². The SMILES string of the molecule is COc1cccc(C(F)(F)C2CCCCN2)c1. The van der Waals surface area contributed by atoms with Crippen molar-refractivity contribution in [2.24, 2.45) is 0 Å². The number of alkyl halides is 2. The van der Waals surface area contributed by atoms with E-state index in [4.69, 9.17) is 4.74 Å². The fourth-order valence-electron chi connectivity index (χ4n) is 2.19. The number of nitrogens with one attached hydrogen (secondary N) is 1. The Kier molecular flexibility index (Phi) is 3.62. The number of rotatable bonds is 3. The summed E-state index contributed by atoms with van der Waals surface area (Å²) in [6.45, 7) is 0.671. The lowest BCUT2D eigenvalue weighted by Crippen LogP contribution is -2.45. The summed E-state index contributed by atoms with van der Waals surface area (Å²) in [6.07, 6.45) is 2.35. The van der Waals surface area contributed by atoms with Crippen LogP contribution in [0.15, 0.2) is 24.3 Å². The van der Waals surface area contributed by atoms with Gasteiger partial charge in [0.15, 0.2) is 0 Å². The number of hydrogen-bond acceptors (Lipinski definition) is 2. The molecule has 1 aliphatic heterocycles. The number of halogens is 2. The maximum absolute atomic E-state index is 14.2. The summed E-state index contributed by atoms with van der Waals surface area (Å²) >= 11 is 0. The smallest absolute Gasteiger partial charge is 0.288 e. The minimum absolute atomic E-state index is 0.0243. The van der Waals surface area contributed by atoms with Gasteiger partial charge < -0.3 is 10.1 Å². The zero-order valence-corrected chi connectivity index (χ0v) is 9.88. The molecule has 0 amide bonds. The van der Waals surface area contributed by atoms with Crippen LogP contribution in [-0.2, 0) is 5.92 Å². The Bertz CT molecular complexity index is 375. The van der Waals surface area contributed by atoms with Crippen molar-refractivity contribution < 1.29 is 13.5 Å². The average molecular weight is 241 g/mol. The van der Waals surface area contributed by atoms with Crippen molar-refractivity contribution in [1.29, 1.82) is 0 Å². The van der Waals surface area contributed by atoms with Crippen LogP contribution in [0, 0.1) is 0 Å². The third-order valence-electron chi connectivity index (χ3n) is 3.20. The van der Waals surface area contributed by atoms with Gasteiger partial charge in [0.25, 0.3) is 5.92 Å². The van der Waals surface area contributed by atoms with Gasteiger partial charge in [-0.25, -0.2) is 0 Å². The molecule has 0 aliphatic carbocycles. The number of piperidine rings is 1. The Labute approximate surface area is 100.0 Å². The molecule has 94 valence electrons. The maximum atomic E-state index is 14.2. The summed E-state index contributed by atoms with van der Waals surface area (Å²) in [7, 11) is 1.48. The summed E-state index contributed by atoms with van der Waals surface area (Å²) in [6, 6.07) is 5.39. The fourth-order valence-corrected chi connectivity index (χ4v) is 2.19. The van der Waals surface area contributed by atoms with Crippen LogP contribution in [0.1, 0.15) is 24.8 Å². The van der Waals surface area contributed by atoms with Crippen molar-refractivity contribution in [2.75, 3.05) is 13.7 Å². The van der Waals surface area contributed by atoms with Gasteiger partial charge in [-0.2, -0.15) is 8.78 Å². The van der Waals surface area contributed by atoms with Crippen molar-refractivity contribution in [3.05, 3.63) is 29.8 Å². The third kappa shape index (κ3) is 2.57. The van der Waals surface area contributed by atoms with Gasteiger partial charge >= 0.3 is 0 Å². The normalized spacial score (nSPS) is 21.2. The van der Waals surface area contributed by atoms with E-state index in [2.05, 4.69) is 5.32 Å². The van der Waals surface area contributed by atoms with E-state index >= 15 is 0 Å². The first-order valence-corrected chi connectivity index (χ1v) is 5.90. The number of hydrogen-bond donors (Lipinski definition) is 1. The molecule has 1 N–H and O–H groups in total. The van der Waals surface area contributed by atoms with E-state index in [1.165, 1.54) is 19.2 Å². The molecule has 2 nitrogen and oxygen atoms in total. The third-order valence-corrected chi connectivity index (χ3v) is 3.20. The van der Waals surface area contributed by atoms with E-state index < -0.39 is 12.0 Å². The van der Waals surface area contributed by atoms with E-state index in [0.717, 1.165) is 12.8 Å². The van der Waals surface area contributed by atoms with Crippen molar-refractivity contribution in [3.8, 4) is 5.75 Å². The van der Waals surface area contributed by atoms with Crippen LogP contribution in [0.5, 0.6) is 5.75 Å². The van der Waals surface area contributed by atoms with Gasteiger partial charge in [0.2, 0.25) is 0 Å². The Hall–Kier alpha value is -1.16. The van der Waals surface area contributed by atoms with Gasteiger partial charge in [-0.3, -0.25) is 0 Å². The molecule has 1 aliphatic rings. The highest BCUT2D eigenvalue weighted by molar-refractivity contribution is 5.32. The van der Waals surface area contributed by atoms with E-state index in [9.17, 15) is 8.78 Å². The van der Waals surface area contributed by atoms with Gasteiger partial charge in [-0.05, 0) is 31.5 Å². The Balaban J connectivity index is 2.22. The van der Waals surface area contributed by atoms with Gasteiger partial charge in [0, 0.05) is 5.56 Å². The lowest BCUT2D eigenvalue weighted by atomic mass is 9.94. The minimum Gasteiger partial charge on any atom is -0.497 e. The Morgan fingerprint density at radius 1 is 1.35 bits per heavy atom. The molecule has 1 fully saturated rings. The zero-order chi connectivity index (χ0) is 12.3. The molecule has 2 rings (SSSR count). The van der Waals surface area contributed by atoms with Crippen molar-refractivity contribution in [3.63, 3.8) is 0 Å². The van der Waals surface area contributed by atoms with Crippen molar-refractivity contribution in [2.45, 2.75) is 31.2 Å². The first-order chi connectivity index (χ1) is 8.14. The first-order valence-electron chi connectivity index (χ1n) is 5.90. The van der Waals surface area contributed by atoms with E-state index in [1.54, 1.807) is 12.1 Å². The molecule has 1 aromatic rings. The second-order valence-electron chi connectivity index (χ2n) is 4.36. The van der Waals surface area contributed by atoms with E-state index in [-0.39, 0.29) is 5.56 Å². The van der Waals surface area contributed by atoms with Gasteiger partial charge in [-0.1, -0.05) is 18.6 Å². The highest BCUT2D eigenvalue weighted by Crippen LogP contribution is 2.36.